The summed E-state index contributed by atoms with van der Waals surface area (Å²) in [5, 5.41) is 0.0976. The number of halogens is 1. The SMILES string of the molecule is CCOC(=O)/C(Cl)=C/c1ccc(C(C)(C)C)cc1. The molecule has 1 aromatic carbocycles. The van der Waals surface area contributed by atoms with Gasteiger partial charge in [0.15, 0.2) is 0 Å². The molecular formula is C15H19ClO2. The van der Waals surface area contributed by atoms with Crippen molar-refractivity contribution < 1.29 is 9.53 Å². The van der Waals surface area contributed by atoms with E-state index < -0.39 is 5.97 Å². The van der Waals surface area contributed by atoms with Crippen molar-refractivity contribution in [2.24, 2.45) is 0 Å². The molecule has 0 aliphatic heterocycles. The van der Waals surface area contributed by atoms with E-state index in [0.29, 0.717) is 6.61 Å². The fourth-order valence-electron chi connectivity index (χ4n) is 1.48. The third-order valence-electron chi connectivity index (χ3n) is 2.54. The van der Waals surface area contributed by atoms with Gasteiger partial charge >= 0.3 is 5.97 Å². The van der Waals surface area contributed by atoms with Gasteiger partial charge in [0.1, 0.15) is 5.03 Å². The highest BCUT2D eigenvalue weighted by Gasteiger charge is 2.13. The number of carbonyl (C=O) groups is 1. The number of esters is 1. The summed E-state index contributed by atoms with van der Waals surface area (Å²) in [6, 6.07) is 7.98. The van der Waals surface area contributed by atoms with Crippen LogP contribution in [-0.2, 0) is 14.9 Å². The molecule has 0 heterocycles. The normalized spacial score (nSPS) is 12.4. The van der Waals surface area contributed by atoms with Crippen LogP contribution in [0.3, 0.4) is 0 Å². The molecule has 98 valence electrons. The van der Waals surface area contributed by atoms with Gasteiger partial charge in [0.2, 0.25) is 0 Å². The summed E-state index contributed by atoms with van der Waals surface area (Å²) < 4.78 is 4.81. The highest BCUT2D eigenvalue weighted by Crippen LogP contribution is 2.23. The van der Waals surface area contributed by atoms with Gasteiger partial charge in [0, 0.05) is 0 Å². The first-order valence-corrected chi connectivity index (χ1v) is 6.37. The minimum absolute atomic E-state index is 0.0976. The van der Waals surface area contributed by atoms with Gasteiger partial charge in [-0.1, -0.05) is 56.6 Å². The van der Waals surface area contributed by atoms with Crippen LogP contribution in [0.4, 0.5) is 0 Å². The summed E-state index contributed by atoms with van der Waals surface area (Å²) in [5.41, 5.74) is 2.25. The van der Waals surface area contributed by atoms with Crippen LogP contribution in [0.2, 0.25) is 0 Å². The highest BCUT2D eigenvalue weighted by molar-refractivity contribution is 6.43. The third kappa shape index (κ3) is 4.19. The first-order valence-electron chi connectivity index (χ1n) is 5.99. The summed E-state index contributed by atoms with van der Waals surface area (Å²) in [7, 11) is 0. The Kier molecular flexibility index (Phi) is 4.97. The first kappa shape index (κ1) is 14.8. The molecule has 1 rings (SSSR count). The molecule has 0 radical (unpaired) electrons. The second-order valence-corrected chi connectivity index (χ2v) is 5.49. The second kappa shape index (κ2) is 6.05. The molecule has 18 heavy (non-hydrogen) atoms. The molecule has 0 saturated carbocycles. The third-order valence-corrected chi connectivity index (χ3v) is 2.80. The van der Waals surface area contributed by atoms with Crippen LogP contribution in [0.5, 0.6) is 0 Å². The van der Waals surface area contributed by atoms with Gasteiger partial charge < -0.3 is 4.74 Å². The Labute approximate surface area is 114 Å². The summed E-state index contributed by atoms with van der Waals surface area (Å²) >= 11 is 5.86. The minimum Gasteiger partial charge on any atom is -0.462 e. The molecule has 0 aliphatic carbocycles. The van der Waals surface area contributed by atoms with Crippen molar-refractivity contribution >= 4 is 23.6 Å². The maximum Gasteiger partial charge on any atom is 0.349 e. The second-order valence-electron chi connectivity index (χ2n) is 5.08. The lowest BCUT2D eigenvalue weighted by Gasteiger charge is -2.18. The van der Waals surface area contributed by atoms with E-state index in [1.54, 1.807) is 13.0 Å². The molecule has 2 nitrogen and oxygen atoms in total. The van der Waals surface area contributed by atoms with E-state index in [-0.39, 0.29) is 10.4 Å². The molecule has 0 atom stereocenters. The van der Waals surface area contributed by atoms with Crippen molar-refractivity contribution in [2.75, 3.05) is 6.61 Å². The number of hydrogen-bond acceptors (Lipinski definition) is 2. The molecule has 1 aromatic rings. The Morgan fingerprint density at radius 1 is 1.28 bits per heavy atom. The molecule has 0 saturated heterocycles. The molecular weight excluding hydrogens is 248 g/mol. The Balaban J connectivity index is 2.87. The maximum atomic E-state index is 11.4. The predicted molar refractivity (Wildman–Crippen MR) is 75.6 cm³/mol. The van der Waals surface area contributed by atoms with E-state index in [4.69, 9.17) is 16.3 Å². The van der Waals surface area contributed by atoms with Crippen molar-refractivity contribution in [1.29, 1.82) is 0 Å². The zero-order valence-corrected chi connectivity index (χ0v) is 12.0. The summed E-state index contributed by atoms with van der Waals surface area (Å²) in [6.45, 7) is 8.54. The average molecular weight is 267 g/mol. The van der Waals surface area contributed by atoms with Gasteiger partial charge in [-0.2, -0.15) is 0 Å². The largest absolute Gasteiger partial charge is 0.462 e. The molecule has 0 aliphatic rings. The van der Waals surface area contributed by atoms with Crippen LogP contribution < -0.4 is 0 Å². The Morgan fingerprint density at radius 2 is 1.83 bits per heavy atom. The summed E-state index contributed by atoms with van der Waals surface area (Å²) in [6.07, 6.45) is 1.62. The molecule has 0 aromatic heterocycles. The van der Waals surface area contributed by atoms with Crippen molar-refractivity contribution in [1.82, 2.24) is 0 Å². The fourth-order valence-corrected chi connectivity index (χ4v) is 1.67. The molecule has 0 unspecified atom stereocenters. The predicted octanol–water partition coefficient (Wildman–Crippen LogP) is 4.13. The quantitative estimate of drug-likeness (QED) is 0.607. The van der Waals surface area contributed by atoms with Gasteiger partial charge in [-0.25, -0.2) is 4.79 Å². The molecule has 0 spiro atoms. The Hall–Kier alpha value is -1.28. The van der Waals surface area contributed by atoms with Crippen LogP contribution in [0.15, 0.2) is 29.3 Å². The van der Waals surface area contributed by atoms with Crippen LogP contribution in [-0.4, -0.2) is 12.6 Å². The highest BCUT2D eigenvalue weighted by atomic mass is 35.5. The van der Waals surface area contributed by atoms with E-state index in [1.807, 2.05) is 24.3 Å². The number of benzene rings is 1. The van der Waals surface area contributed by atoms with E-state index in [9.17, 15) is 4.79 Å². The van der Waals surface area contributed by atoms with Crippen LogP contribution >= 0.6 is 11.6 Å². The van der Waals surface area contributed by atoms with Crippen LogP contribution in [0, 0.1) is 0 Å². The number of hydrogen-bond donors (Lipinski definition) is 0. The Morgan fingerprint density at radius 3 is 2.28 bits per heavy atom. The standard InChI is InChI=1S/C15H19ClO2/c1-5-18-14(17)13(16)10-11-6-8-12(9-7-11)15(2,3)4/h6-10H,5H2,1-4H3/b13-10-. The average Bonchev–Trinajstić information content (AvgIpc) is 2.28. The van der Waals surface area contributed by atoms with E-state index >= 15 is 0 Å². The molecule has 0 amide bonds. The van der Waals surface area contributed by atoms with Gasteiger partial charge in [-0.3, -0.25) is 0 Å². The monoisotopic (exact) mass is 266 g/mol. The van der Waals surface area contributed by atoms with E-state index in [2.05, 4.69) is 20.8 Å². The van der Waals surface area contributed by atoms with Crippen molar-refractivity contribution in [2.45, 2.75) is 33.1 Å². The number of carbonyl (C=O) groups excluding carboxylic acids is 1. The summed E-state index contributed by atoms with van der Waals surface area (Å²) in [4.78, 5) is 11.4. The zero-order chi connectivity index (χ0) is 13.8. The van der Waals surface area contributed by atoms with Gasteiger partial charge in [-0.15, -0.1) is 0 Å². The lowest BCUT2D eigenvalue weighted by atomic mass is 9.87. The van der Waals surface area contributed by atoms with E-state index in [1.165, 1.54) is 5.56 Å². The number of rotatable bonds is 3. The Bertz CT molecular complexity index is 439. The van der Waals surface area contributed by atoms with Gasteiger partial charge in [0.25, 0.3) is 0 Å². The molecule has 0 fully saturated rings. The maximum absolute atomic E-state index is 11.4. The topological polar surface area (TPSA) is 26.3 Å². The number of ether oxygens (including phenoxy) is 1. The van der Waals surface area contributed by atoms with Crippen LogP contribution in [0.1, 0.15) is 38.8 Å². The van der Waals surface area contributed by atoms with Crippen molar-refractivity contribution in [3.05, 3.63) is 40.4 Å². The lowest BCUT2D eigenvalue weighted by molar-refractivity contribution is -0.137. The van der Waals surface area contributed by atoms with Crippen molar-refractivity contribution in [3.8, 4) is 0 Å². The van der Waals surface area contributed by atoms with Crippen LogP contribution in [0.25, 0.3) is 6.08 Å². The minimum atomic E-state index is -0.487. The fraction of sp³-hybridized carbons (Fsp3) is 0.400. The van der Waals surface area contributed by atoms with Crippen molar-refractivity contribution in [3.63, 3.8) is 0 Å². The smallest absolute Gasteiger partial charge is 0.349 e. The first-order chi connectivity index (χ1) is 8.34. The van der Waals surface area contributed by atoms with Gasteiger partial charge in [0.05, 0.1) is 6.61 Å². The van der Waals surface area contributed by atoms with E-state index in [0.717, 1.165) is 5.56 Å². The molecule has 0 N–H and O–H groups in total. The summed E-state index contributed by atoms with van der Waals surface area (Å²) in [5.74, 6) is -0.487. The zero-order valence-electron chi connectivity index (χ0n) is 11.3. The lowest BCUT2D eigenvalue weighted by Crippen LogP contribution is -2.10. The molecule has 3 heteroatoms. The molecule has 0 bridgehead atoms. The van der Waals surface area contributed by atoms with Gasteiger partial charge in [-0.05, 0) is 29.5 Å².